The summed E-state index contributed by atoms with van der Waals surface area (Å²) in [5, 5.41) is 19.4. The molecule has 0 bridgehead atoms. The molecule has 8 heteroatoms. The molecule has 3 atom stereocenters. The van der Waals surface area contributed by atoms with Gasteiger partial charge in [0.1, 0.15) is 0 Å². The predicted octanol–water partition coefficient (Wildman–Crippen LogP) is 0.697. The van der Waals surface area contributed by atoms with E-state index in [2.05, 4.69) is 16.5 Å². The standard InChI is InChI=1S/C18H25N3O4S/c1-13-5-7-21(8-6-13)11-17-18(22)16(12-25-17)20-26(23,24)15-4-2-3-14(9-15)10-19/h2-4,9,13,16-18,20,22H,5-8,11-12H2,1H3/t16-,17-,18+/m0/s1. The lowest BCUT2D eigenvalue weighted by Gasteiger charge is -2.32. The van der Waals surface area contributed by atoms with E-state index in [-0.39, 0.29) is 17.1 Å². The van der Waals surface area contributed by atoms with Gasteiger partial charge in [-0.25, -0.2) is 13.1 Å². The van der Waals surface area contributed by atoms with Crippen LogP contribution in [0.2, 0.25) is 0 Å². The summed E-state index contributed by atoms with van der Waals surface area (Å²) in [4.78, 5) is 2.28. The Labute approximate surface area is 154 Å². The van der Waals surface area contributed by atoms with Crippen LogP contribution in [-0.4, -0.2) is 62.9 Å². The Hall–Kier alpha value is -1.50. The molecule has 7 nitrogen and oxygen atoms in total. The van der Waals surface area contributed by atoms with Gasteiger partial charge in [-0.05, 0) is 50.0 Å². The van der Waals surface area contributed by atoms with Gasteiger partial charge in [-0.2, -0.15) is 5.26 Å². The second kappa shape index (κ2) is 8.03. The normalized spacial score (nSPS) is 28.1. The lowest BCUT2D eigenvalue weighted by molar-refractivity contribution is 0.00897. The molecule has 2 aliphatic rings. The van der Waals surface area contributed by atoms with Crippen molar-refractivity contribution in [2.24, 2.45) is 5.92 Å². The monoisotopic (exact) mass is 379 g/mol. The molecule has 2 heterocycles. The molecule has 1 aromatic rings. The van der Waals surface area contributed by atoms with Crippen LogP contribution in [0.1, 0.15) is 25.3 Å². The SMILES string of the molecule is CC1CCN(C[C@@H]2OC[C@H](NS(=O)(=O)c3cccc(C#N)c3)[C@H]2O)CC1. The number of aliphatic hydroxyl groups excluding tert-OH is 1. The number of piperidine rings is 1. The average molecular weight is 379 g/mol. The van der Waals surface area contributed by atoms with Gasteiger partial charge in [-0.3, -0.25) is 0 Å². The molecule has 2 fully saturated rings. The Kier molecular flexibility index (Phi) is 5.95. The van der Waals surface area contributed by atoms with Gasteiger partial charge in [0.15, 0.2) is 0 Å². The minimum Gasteiger partial charge on any atom is -0.389 e. The summed E-state index contributed by atoms with van der Waals surface area (Å²) >= 11 is 0. The Morgan fingerprint density at radius 1 is 1.38 bits per heavy atom. The van der Waals surface area contributed by atoms with Crippen LogP contribution < -0.4 is 4.72 Å². The van der Waals surface area contributed by atoms with Gasteiger partial charge in [0.2, 0.25) is 10.0 Å². The number of rotatable bonds is 5. The number of benzene rings is 1. The summed E-state index contributed by atoms with van der Waals surface area (Å²) < 4.78 is 33.3. The fraction of sp³-hybridized carbons (Fsp3) is 0.611. The van der Waals surface area contributed by atoms with Crippen molar-refractivity contribution in [3.63, 3.8) is 0 Å². The Balaban J connectivity index is 1.61. The Bertz CT molecular complexity index is 769. The molecule has 0 amide bonds. The van der Waals surface area contributed by atoms with E-state index in [0.29, 0.717) is 6.54 Å². The van der Waals surface area contributed by atoms with E-state index in [1.165, 1.54) is 18.2 Å². The van der Waals surface area contributed by atoms with Gasteiger partial charge in [0.25, 0.3) is 0 Å². The highest BCUT2D eigenvalue weighted by Gasteiger charge is 2.39. The smallest absolute Gasteiger partial charge is 0.241 e. The van der Waals surface area contributed by atoms with Gasteiger partial charge in [0.05, 0.1) is 41.4 Å². The van der Waals surface area contributed by atoms with Crippen molar-refractivity contribution in [1.82, 2.24) is 9.62 Å². The zero-order chi connectivity index (χ0) is 18.7. The molecule has 2 aliphatic heterocycles. The summed E-state index contributed by atoms with van der Waals surface area (Å²) in [7, 11) is -3.83. The lowest BCUT2D eigenvalue weighted by atomic mass is 9.98. The molecule has 2 N–H and O–H groups in total. The first-order valence-electron chi connectivity index (χ1n) is 8.93. The molecule has 0 aromatic heterocycles. The highest BCUT2D eigenvalue weighted by Crippen LogP contribution is 2.22. The lowest BCUT2D eigenvalue weighted by Crippen LogP contribution is -2.47. The first-order valence-corrected chi connectivity index (χ1v) is 10.4. The van der Waals surface area contributed by atoms with Crippen molar-refractivity contribution in [1.29, 1.82) is 5.26 Å². The summed E-state index contributed by atoms with van der Waals surface area (Å²) in [5.41, 5.74) is 0.272. The number of nitrogens with one attached hydrogen (secondary N) is 1. The van der Waals surface area contributed by atoms with Crippen LogP contribution in [0.3, 0.4) is 0 Å². The quantitative estimate of drug-likeness (QED) is 0.781. The van der Waals surface area contributed by atoms with E-state index < -0.39 is 28.3 Å². The average Bonchev–Trinajstić information content (AvgIpc) is 2.96. The molecule has 26 heavy (non-hydrogen) atoms. The van der Waals surface area contributed by atoms with Crippen molar-refractivity contribution < 1.29 is 18.3 Å². The van der Waals surface area contributed by atoms with E-state index in [9.17, 15) is 13.5 Å². The number of likely N-dealkylation sites (tertiary alicyclic amines) is 1. The van der Waals surface area contributed by atoms with Gasteiger partial charge >= 0.3 is 0 Å². The van der Waals surface area contributed by atoms with Crippen molar-refractivity contribution in [3.05, 3.63) is 29.8 Å². The van der Waals surface area contributed by atoms with E-state index in [1.807, 2.05) is 6.07 Å². The van der Waals surface area contributed by atoms with Gasteiger partial charge in [0, 0.05) is 6.54 Å². The minimum atomic E-state index is -3.83. The molecule has 0 aliphatic carbocycles. The predicted molar refractivity (Wildman–Crippen MR) is 95.9 cm³/mol. The summed E-state index contributed by atoms with van der Waals surface area (Å²) in [5.74, 6) is 0.726. The maximum absolute atomic E-state index is 12.5. The molecule has 0 saturated carbocycles. The number of hydrogen-bond donors (Lipinski definition) is 2. The van der Waals surface area contributed by atoms with Crippen LogP contribution in [-0.2, 0) is 14.8 Å². The summed E-state index contributed by atoms with van der Waals surface area (Å²) in [6, 6.07) is 7.04. The van der Waals surface area contributed by atoms with Gasteiger partial charge in [-0.1, -0.05) is 13.0 Å². The van der Waals surface area contributed by atoms with Crippen LogP contribution in [0.4, 0.5) is 0 Å². The van der Waals surface area contributed by atoms with Crippen molar-refractivity contribution in [2.75, 3.05) is 26.2 Å². The summed E-state index contributed by atoms with van der Waals surface area (Å²) in [6.07, 6.45) is 0.965. The van der Waals surface area contributed by atoms with Crippen molar-refractivity contribution >= 4 is 10.0 Å². The fourth-order valence-corrected chi connectivity index (χ4v) is 4.73. The van der Waals surface area contributed by atoms with Crippen LogP contribution in [0.15, 0.2) is 29.2 Å². The summed E-state index contributed by atoms with van der Waals surface area (Å²) in [6.45, 7) is 4.93. The maximum atomic E-state index is 12.5. The molecule has 1 aromatic carbocycles. The molecule has 0 radical (unpaired) electrons. The first kappa shape index (κ1) is 19.3. The zero-order valence-corrected chi connectivity index (χ0v) is 15.7. The highest BCUT2D eigenvalue weighted by atomic mass is 32.2. The topological polar surface area (TPSA) is 103 Å². The second-order valence-electron chi connectivity index (χ2n) is 7.21. The third-order valence-electron chi connectivity index (χ3n) is 5.18. The van der Waals surface area contributed by atoms with Crippen molar-refractivity contribution in [2.45, 2.75) is 42.9 Å². The third-order valence-corrected chi connectivity index (χ3v) is 6.66. The van der Waals surface area contributed by atoms with E-state index in [0.717, 1.165) is 31.8 Å². The number of hydrogen-bond acceptors (Lipinski definition) is 6. The van der Waals surface area contributed by atoms with Crippen LogP contribution >= 0.6 is 0 Å². The van der Waals surface area contributed by atoms with Gasteiger partial charge < -0.3 is 14.7 Å². The molecule has 0 unspecified atom stereocenters. The maximum Gasteiger partial charge on any atom is 0.241 e. The third kappa shape index (κ3) is 4.42. The molecule has 3 rings (SSSR count). The van der Waals surface area contributed by atoms with E-state index in [1.54, 1.807) is 6.07 Å². The van der Waals surface area contributed by atoms with E-state index in [4.69, 9.17) is 10.00 Å². The van der Waals surface area contributed by atoms with E-state index >= 15 is 0 Å². The van der Waals surface area contributed by atoms with Crippen molar-refractivity contribution in [3.8, 4) is 6.07 Å². The van der Waals surface area contributed by atoms with Crippen LogP contribution in [0.25, 0.3) is 0 Å². The van der Waals surface area contributed by atoms with Gasteiger partial charge in [-0.15, -0.1) is 0 Å². The second-order valence-corrected chi connectivity index (χ2v) is 8.93. The minimum absolute atomic E-state index is 0.0113. The number of sulfonamides is 1. The number of nitriles is 1. The van der Waals surface area contributed by atoms with Crippen LogP contribution in [0, 0.1) is 17.2 Å². The zero-order valence-electron chi connectivity index (χ0n) is 14.8. The molecule has 0 spiro atoms. The first-order chi connectivity index (χ1) is 12.4. The number of nitrogens with zero attached hydrogens (tertiary/aromatic N) is 2. The van der Waals surface area contributed by atoms with Crippen LogP contribution in [0.5, 0.6) is 0 Å². The highest BCUT2D eigenvalue weighted by molar-refractivity contribution is 7.89. The largest absolute Gasteiger partial charge is 0.389 e. The Morgan fingerprint density at radius 3 is 2.81 bits per heavy atom. The molecular weight excluding hydrogens is 354 g/mol. The Morgan fingerprint density at radius 2 is 2.12 bits per heavy atom. The molecule has 142 valence electrons. The number of aliphatic hydroxyl groups is 1. The molecule has 2 saturated heterocycles. The number of ether oxygens (including phenoxy) is 1. The molecular formula is C18H25N3O4S. The fourth-order valence-electron chi connectivity index (χ4n) is 3.45.